The Balaban J connectivity index is 2.51. The van der Waals surface area contributed by atoms with Crippen LogP contribution in [0.5, 0.6) is 0 Å². The van der Waals surface area contributed by atoms with E-state index < -0.39 is 0 Å². The summed E-state index contributed by atoms with van der Waals surface area (Å²) in [6, 6.07) is 7.24. The molecular weight excluding hydrogens is 242 g/mol. The highest BCUT2D eigenvalue weighted by molar-refractivity contribution is 6.31. The van der Waals surface area contributed by atoms with Crippen LogP contribution in [0.25, 0.3) is 16.6 Å². The van der Waals surface area contributed by atoms with Gasteiger partial charge in [0, 0.05) is 16.0 Å². The maximum Gasteiger partial charge on any atom is 0.188 e. The maximum atomic E-state index is 8.60. The van der Waals surface area contributed by atoms with Gasteiger partial charge in [-0.15, -0.1) is 5.10 Å². The number of aromatic nitrogens is 4. The first kappa shape index (κ1) is 9.98. The molecular formula is C10H6ClN5O. The topological polar surface area (TPSA) is 75.7 Å². The van der Waals surface area contributed by atoms with Crippen molar-refractivity contribution in [2.45, 2.75) is 0 Å². The van der Waals surface area contributed by atoms with Crippen molar-refractivity contribution in [3.05, 3.63) is 34.9 Å². The highest BCUT2D eigenvalue weighted by atomic mass is 35.5. The lowest BCUT2D eigenvalue weighted by Gasteiger charge is -2.02. The van der Waals surface area contributed by atoms with Crippen LogP contribution in [0.15, 0.2) is 29.4 Å². The van der Waals surface area contributed by atoms with Crippen LogP contribution in [0, 0.1) is 0 Å². The van der Waals surface area contributed by atoms with Crippen LogP contribution in [-0.4, -0.2) is 31.5 Å². The minimum atomic E-state index is 0.512. The summed E-state index contributed by atoms with van der Waals surface area (Å²) in [4.78, 5) is 0. The van der Waals surface area contributed by atoms with Gasteiger partial charge in [0.25, 0.3) is 0 Å². The summed E-state index contributed by atoms with van der Waals surface area (Å²) >= 11 is 5.94. The number of pyridine rings is 1. The summed E-state index contributed by atoms with van der Waals surface area (Å²) in [6.45, 7) is 0. The molecule has 0 radical (unpaired) electrons. The van der Waals surface area contributed by atoms with Crippen molar-refractivity contribution >= 4 is 34.4 Å². The van der Waals surface area contributed by atoms with Crippen molar-refractivity contribution in [2.75, 3.05) is 0 Å². The van der Waals surface area contributed by atoms with E-state index in [1.807, 2.05) is 12.1 Å². The lowest BCUT2D eigenvalue weighted by Crippen LogP contribution is -1.95. The first-order valence-corrected chi connectivity index (χ1v) is 5.15. The van der Waals surface area contributed by atoms with E-state index in [2.05, 4.69) is 20.7 Å². The Labute approximate surface area is 100 Å². The second-order valence-electron chi connectivity index (χ2n) is 3.46. The lowest BCUT2D eigenvalue weighted by molar-refractivity contribution is 0.322. The van der Waals surface area contributed by atoms with E-state index in [9.17, 15) is 0 Å². The number of hydrogen-bond donors (Lipinski definition) is 1. The molecule has 0 aliphatic rings. The molecule has 17 heavy (non-hydrogen) atoms. The zero-order valence-electron chi connectivity index (χ0n) is 8.45. The van der Waals surface area contributed by atoms with Gasteiger partial charge in [-0.25, -0.2) is 0 Å². The molecule has 6 nitrogen and oxygen atoms in total. The normalized spacial score (nSPS) is 11.8. The number of halogens is 1. The lowest BCUT2D eigenvalue weighted by atomic mass is 10.1. The molecule has 2 aromatic heterocycles. The van der Waals surface area contributed by atoms with Crippen LogP contribution in [-0.2, 0) is 0 Å². The average molecular weight is 248 g/mol. The van der Waals surface area contributed by atoms with Crippen molar-refractivity contribution in [3.63, 3.8) is 0 Å². The molecule has 0 aliphatic heterocycles. The second kappa shape index (κ2) is 3.67. The van der Waals surface area contributed by atoms with E-state index in [-0.39, 0.29) is 0 Å². The third-order valence-corrected chi connectivity index (χ3v) is 2.69. The fourth-order valence-electron chi connectivity index (χ4n) is 1.74. The molecule has 3 aromatic rings. The van der Waals surface area contributed by atoms with Crippen molar-refractivity contribution in [3.8, 4) is 0 Å². The minimum absolute atomic E-state index is 0.512. The summed E-state index contributed by atoms with van der Waals surface area (Å²) in [5, 5.41) is 24.5. The standard InChI is InChI=1S/C10H6ClN5O/c11-8-2-1-6-3-7(5-12-17)10-13-14-15-16(10)9(6)4-8/h1-5,17H. The molecule has 1 N–H and O–H groups in total. The molecule has 1 aromatic carbocycles. The Bertz CT molecular complexity index is 736. The molecule has 0 saturated carbocycles. The number of fused-ring (bicyclic) bond motifs is 3. The number of oxime groups is 1. The molecule has 0 bridgehead atoms. The van der Waals surface area contributed by atoms with Gasteiger partial charge in [0.1, 0.15) is 0 Å². The molecule has 0 aliphatic carbocycles. The Kier molecular flexibility index (Phi) is 2.15. The number of nitrogens with zero attached hydrogens (tertiary/aromatic N) is 5. The van der Waals surface area contributed by atoms with Crippen molar-refractivity contribution in [1.29, 1.82) is 0 Å². The average Bonchev–Trinajstić information content (AvgIpc) is 2.80. The minimum Gasteiger partial charge on any atom is -0.411 e. The zero-order chi connectivity index (χ0) is 11.8. The molecule has 2 heterocycles. The SMILES string of the molecule is ON=Cc1cc2ccc(Cl)cc2n2nnnc12. The highest BCUT2D eigenvalue weighted by Crippen LogP contribution is 2.21. The van der Waals surface area contributed by atoms with Crippen LogP contribution in [0.2, 0.25) is 5.02 Å². The third-order valence-electron chi connectivity index (χ3n) is 2.46. The van der Waals surface area contributed by atoms with E-state index in [4.69, 9.17) is 16.8 Å². The van der Waals surface area contributed by atoms with Gasteiger partial charge in [0.2, 0.25) is 0 Å². The second-order valence-corrected chi connectivity index (χ2v) is 3.90. The van der Waals surface area contributed by atoms with Gasteiger partial charge in [-0.1, -0.05) is 22.8 Å². The van der Waals surface area contributed by atoms with E-state index in [1.54, 1.807) is 16.6 Å². The summed E-state index contributed by atoms with van der Waals surface area (Å²) < 4.78 is 1.55. The van der Waals surface area contributed by atoms with E-state index in [1.165, 1.54) is 6.21 Å². The van der Waals surface area contributed by atoms with Gasteiger partial charge in [0.15, 0.2) is 5.65 Å². The van der Waals surface area contributed by atoms with Gasteiger partial charge in [-0.05, 0) is 28.6 Å². The monoisotopic (exact) mass is 247 g/mol. The Morgan fingerprint density at radius 3 is 3.06 bits per heavy atom. The van der Waals surface area contributed by atoms with Gasteiger partial charge in [-0.2, -0.15) is 4.52 Å². The van der Waals surface area contributed by atoms with Crippen LogP contribution >= 0.6 is 11.6 Å². The number of rotatable bonds is 1. The highest BCUT2D eigenvalue weighted by Gasteiger charge is 2.08. The zero-order valence-corrected chi connectivity index (χ0v) is 9.20. The van der Waals surface area contributed by atoms with E-state index >= 15 is 0 Å². The smallest absolute Gasteiger partial charge is 0.188 e. The summed E-state index contributed by atoms with van der Waals surface area (Å²) in [6.07, 6.45) is 1.29. The first-order valence-electron chi connectivity index (χ1n) is 4.77. The predicted molar refractivity (Wildman–Crippen MR) is 62.7 cm³/mol. The van der Waals surface area contributed by atoms with E-state index in [0.717, 1.165) is 10.9 Å². The number of hydrogen-bond acceptors (Lipinski definition) is 5. The maximum absolute atomic E-state index is 8.60. The van der Waals surface area contributed by atoms with Crippen molar-refractivity contribution in [2.24, 2.45) is 5.16 Å². The summed E-state index contributed by atoms with van der Waals surface area (Å²) in [5.74, 6) is 0. The first-order chi connectivity index (χ1) is 8.29. The Morgan fingerprint density at radius 2 is 2.24 bits per heavy atom. The molecule has 0 unspecified atom stereocenters. The number of benzene rings is 1. The summed E-state index contributed by atoms with van der Waals surface area (Å²) in [5.41, 5.74) is 1.94. The fraction of sp³-hybridized carbons (Fsp3) is 0. The molecule has 7 heteroatoms. The van der Waals surface area contributed by atoms with Crippen LogP contribution in [0.3, 0.4) is 0 Å². The number of tetrazole rings is 1. The molecule has 0 spiro atoms. The van der Waals surface area contributed by atoms with Gasteiger partial charge in [-0.3, -0.25) is 0 Å². The van der Waals surface area contributed by atoms with Crippen molar-refractivity contribution in [1.82, 2.24) is 20.0 Å². The van der Waals surface area contributed by atoms with Crippen molar-refractivity contribution < 1.29 is 5.21 Å². The molecule has 3 rings (SSSR count). The Hall–Kier alpha value is -2.21. The van der Waals surface area contributed by atoms with Gasteiger partial charge >= 0.3 is 0 Å². The quantitative estimate of drug-likeness (QED) is 0.404. The predicted octanol–water partition coefficient (Wildman–Crippen LogP) is 1.74. The molecule has 0 atom stereocenters. The Morgan fingerprint density at radius 1 is 1.35 bits per heavy atom. The molecule has 0 amide bonds. The van der Waals surface area contributed by atoms with Crippen LogP contribution < -0.4 is 0 Å². The van der Waals surface area contributed by atoms with E-state index in [0.29, 0.717) is 16.2 Å². The molecule has 0 saturated heterocycles. The van der Waals surface area contributed by atoms with Gasteiger partial charge in [0.05, 0.1) is 11.7 Å². The largest absolute Gasteiger partial charge is 0.411 e. The molecule has 0 fully saturated rings. The van der Waals surface area contributed by atoms with Crippen LogP contribution in [0.1, 0.15) is 5.56 Å². The summed E-state index contributed by atoms with van der Waals surface area (Å²) in [7, 11) is 0. The fourth-order valence-corrected chi connectivity index (χ4v) is 1.91. The van der Waals surface area contributed by atoms with Crippen LogP contribution in [0.4, 0.5) is 0 Å². The third kappa shape index (κ3) is 1.50. The molecule has 84 valence electrons. The van der Waals surface area contributed by atoms with Gasteiger partial charge < -0.3 is 5.21 Å².